The summed E-state index contributed by atoms with van der Waals surface area (Å²) >= 11 is 0. The number of pyridine rings is 1. The highest BCUT2D eigenvalue weighted by molar-refractivity contribution is 5.97. The molecule has 1 amide bonds. The van der Waals surface area contributed by atoms with Crippen LogP contribution in [0.2, 0.25) is 0 Å². The van der Waals surface area contributed by atoms with Crippen molar-refractivity contribution in [1.29, 1.82) is 0 Å². The van der Waals surface area contributed by atoms with Gasteiger partial charge in [-0.15, -0.1) is 0 Å². The first-order chi connectivity index (χ1) is 16.7. The second kappa shape index (κ2) is 11.7. The van der Waals surface area contributed by atoms with Crippen molar-refractivity contribution in [2.75, 3.05) is 20.8 Å². The molecule has 0 aliphatic heterocycles. The predicted molar refractivity (Wildman–Crippen MR) is 126 cm³/mol. The maximum atomic E-state index is 13.1. The molecule has 0 saturated heterocycles. The Morgan fingerprint density at radius 3 is 2.63 bits per heavy atom. The Morgan fingerprint density at radius 1 is 1.29 bits per heavy atom. The minimum absolute atomic E-state index is 0.0778. The standard InChI is InChI=1S/C25H30N2O8/c1-14(31-4)10-18(11-15(2)32-5)19-8-9-20(23(28)26-12-17-6-7-17)27-22(19)24(29)33-13-21-16(3)34-25(30)35-21/h8-10,15,17H,1,6-7,11-13H2,2-5H3,(H,26,28)/b18-10+. The van der Waals surface area contributed by atoms with Gasteiger partial charge in [0, 0.05) is 19.2 Å². The number of hydrogen-bond acceptors (Lipinski definition) is 9. The Balaban J connectivity index is 1.96. The van der Waals surface area contributed by atoms with Crippen LogP contribution in [0.1, 0.15) is 64.2 Å². The highest BCUT2D eigenvalue weighted by Gasteiger charge is 2.25. The number of carbonyl (C=O) groups excluding carboxylic acids is 2. The normalized spacial score (nSPS) is 14.3. The van der Waals surface area contributed by atoms with Gasteiger partial charge in [0.1, 0.15) is 11.5 Å². The molecule has 10 heteroatoms. The largest absolute Gasteiger partial charge is 0.519 e. The first-order valence-corrected chi connectivity index (χ1v) is 11.2. The van der Waals surface area contributed by atoms with Gasteiger partial charge in [0.25, 0.3) is 5.91 Å². The summed E-state index contributed by atoms with van der Waals surface area (Å²) in [5.41, 5.74) is 1.09. The molecule has 35 heavy (non-hydrogen) atoms. The van der Waals surface area contributed by atoms with Crippen LogP contribution < -0.4 is 11.1 Å². The number of nitrogens with zero attached hydrogens (tertiary/aromatic N) is 1. The molecule has 0 radical (unpaired) electrons. The number of aromatic nitrogens is 1. The highest BCUT2D eigenvalue weighted by atomic mass is 16.6. The summed E-state index contributed by atoms with van der Waals surface area (Å²) in [6.45, 7) is 7.45. The van der Waals surface area contributed by atoms with Crippen molar-refractivity contribution in [2.24, 2.45) is 5.92 Å². The second-order valence-corrected chi connectivity index (χ2v) is 8.35. The van der Waals surface area contributed by atoms with Crippen LogP contribution in [-0.4, -0.2) is 43.7 Å². The molecule has 1 atom stereocenters. The molecule has 10 nitrogen and oxygen atoms in total. The minimum atomic E-state index is -0.890. The maximum Gasteiger partial charge on any atom is 0.519 e. The van der Waals surface area contributed by atoms with Crippen LogP contribution >= 0.6 is 0 Å². The third-order valence-electron chi connectivity index (χ3n) is 5.59. The quantitative estimate of drug-likeness (QED) is 0.272. The number of carbonyl (C=O) groups is 2. The van der Waals surface area contributed by atoms with Crippen molar-refractivity contribution >= 4 is 17.4 Å². The molecule has 0 spiro atoms. The Bertz CT molecular complexity index is 1170. The van der Waals surface area contributed by atoms with E-state index in [1.165, 1.54) is 14.0 Å². The zero-order valence-corrected chi connectivity index (χ0v) is 20.3. The van der Waals surface area contributed by atoms with Gasteiger partial charge in [0.2, 0.25) is 0 Å². The van der Waals surface area contributed by atoms with E-state index in [0.717, 1.165) is 12.8 Å². The number of nitrogens with one attached hydrogen (secondary N) is 1. The Labute approximate surface area is 203 Å². The predicted octanol–water partition coefficient (Wildman–Crippen LogP) is 3.40. The van der Waals surface area contributed by atoms with Crippen LogP contribution in [0.5, 0.6) is 0 Å². The monoisotopic (exact) mass is 486 g/mol. The van der Waals surface area contributed by atoms with E-state index in [0.29, 0.717) is 35.8 Å². The van der Waals surface area contributed by atoms with Crippen LogP contribution in [0.4, 0.5) is 0 Å². The number of allylic oxidation sites excluding steroid dienone is 1. The number of ether oxygens (including phenoxy) is 3. The first kappa shape index (κ1) is 26.0. The zero-order valence-electron chi connectivity index (χ0n) is 20.3. The molecule has 1 N–H and O–H groups in total. The highest BCUT2D eigenvalue weighted by Crippen LogP contribution is 2.28. The van der Waals surface area contributed by atoms with Crippen LogP contribution in [0.15, 0.2) is 44.2 Å². The van der Waals surface area contributed by atoms with E-state index in [-0.39, 0.29) is 41.5 Å². The molecule has 188 valence electrons. The third kappa shape index (κ3) is 7.16. The van der Waals surface area contributed by atoms with Crippen molar-refractivity contribution < 1.29 is 32.6 Å². The lowest BCUT2D eigenvalue weighted by atomic mass is 9.97. The molecular formula is C25H30N2O8. The number of aryl methyl sites for hydroxylation is 1. The van der Waals surface area contributed by atoms with Crippen molar-refractivity contribution in [3.05, 3.63) is 69.6 Å². The number of amides is 1. The van der Waals surface area contributed by atoms with Crippen molar-refractivity contribution in [3.8, 4) is 0 Å². The van der Waals surface area contributed by atoms with E-state index in [4.69, 9.17) is 23.0 Å². The van der Waals surface area contributed by atoms with Crippen molar-refractivity contribution in [1.82, 2.24) is 10.3 Å². The third-order valence-corrected chi connectivity index (χ3v) is 5.59. The molecule has 0 aromatic carbocycles. The lowest BCUT2D eigenvalue weighted by Crippen LogP contribution is -2.27. The molecule has 2 aromatic heterocycles. The summed E-state index contributed by atoms with van der Waals surface area (Å²) in [5, 5.41) is 2.84. The van der Waals surface area contributed by atoms with Crippen molar-refractivity contribution in [3.63, 3.8) is 0 Å². The molecular weight excluding hydrogens is 456 g/mol. The van der Waals surface area contributed by atoms with Gasteiger partial charge in [-0.1, -0.05) is 6.58 Å². The van der Waals surface area contributed by atoms with E-state index < -0.39 is 11.8 Å². The molecule has 1 saturated carbocycles. The fourth-order valence-corrected chi connectivity index (χ4v) is 3.25. The van der Waals surface area contributed by atoms with Gasteiger partial charge in [-0.05, 0) is 62.8 Å². The van der Waals surface area contributed by atoms with E-state index in [2.05, 4.69) is 16.9 Å². The van der Waals surface area contributed by atoms with E-state index in [1.807, 2.05) is 6.92 Å². The van der Waals surface area contributed by atoms with Gasteiger partial charge in [-0.25, -0.2) is 14.6 Å². The SMILES string of the molecule is C=C(/C=C(\CC(C)OC)c1ccc(C(=O)NCC2CC2)nc1C(=O)OCc1oc(=O)oc1C)OC. The first-order valence-electron chi connectivity index (χ1n) is 11.2. The summed E-state index contributed by atoms with van der Waals surface area (Å²) in [5.74, 6) is -0.941. The summed E-state index contributed by atoms with van der Waals surface area (Å²) < 4.78 is 25.7. The van der Waals surface area contributed by atoms with Gasteiger partial charge in [0.05, 0.1) is 13.2 Å². The lowest BCUT2D eigenvalue weighted by Gasteiger charge is -2.17. The molecule has 2 aromatic rings. The summed E-state index contributed by atoms with van der Waals surface area (Å²) in [6, 6.07) is 3.19. The molecule has 0 bridgehead atoms. The molecule has 2 heterocycles. The van der Waals surface area contributed by atoms with Crippen molar-refractivity contribution in [2.45, 2.75) is 45.8 Å². The molecule has 3 rings (SSSR count). The van der Waals surface area contributed by atoms with E-state index in [1.54, 1.807) is 25.3 Å². The number of methoxy groups -OCH3 is 2. The fraction of sp³-hybridized carbons (Fsp3) is 0.440. The number of esters is 1. The average Bonchev–Trinajstić information content (AvgIpc) is 3.62. The van der Waals surface area contributed by atoms with Crippen LogP contribution in [-0.2, 0) is 20.8 Å². The van der Waals surface area contributed by atoms with Crippen LogP contribution in [0.3, 0.4) is 0 Å². The summed E-state index contributed by atoms with van der Waals surface area (Å²) in [4.78, 5) is 41.4. The molecule has 1 unspecified atom stereocenters. The van der Waals surface area contributed by atoms with Gasteiger partial charge in [0.15, 0.2) is 23.8 Å². The smallest absolute Gasteiger partial charge is 0.497 e. The molecule has 1 fully saturated rings. The van der Waals surface area contributed by atoms with Gasteiger partial charge >= 0.3 is 11.8 Å². The minimum Gasteiger partial charge on any atom is -0.497 e. The summed E-state index contributed by atoms with van der Waals surface area (Å²) in [6.07, 6.45) is 4.06. The average molecular weight is 487 g/mol. The Morgan fingerprint density at radius 2 is 2.03 bits per heavy atom. The topological polar surface area (TPSA) is 130 Å². The lowest BCUT2D eigenvalue weighted by molar-refractivity contribution is 0.0435. The van der Waals surface area contributed by atoms with E-state index in [9.17, 15) is 14.4 Å². The fourth-order valence-electron chi connectivity index (χ4n) is 3.25. The van der Waals surface area contributed by atoms with Gasteiger partial charge < -0.3 is 28.4 Å². The zero-order chi connectivity index (χ0) is 25.5. The number of hydrogen-bond donors (Lipinski definition) is 1. The maximum absolute atomic E-state index is 13.1. The van der Waals surface area contributed by atoms with Crippen LogP contribution in [0.25, 0.3) is 5.57 Å². The Hall–Kier alpha value is -3.66. The van der Waals surface area contributed by atoms with Crippen LogP contribution in [0, 0.1) is 12.8 Å². The number of rotatable bonds is 12. The second-order valence-electron chi connectivity index (χ2n) is 8.35. The van der Waals surface area contributed by atoms with E-state index >= 15 is 0 Å². The molecule has 1 aliphatic carbocycles. The van der Waals surface area contributed by atoms with Gasteiger partial charge in [-0.2, -0.15) is 0 Å². The summed E-state index contributed by atoms with van der Waals surface area (Å²) in [7, 11) is 3.06. The molecule has 1 aliphatic rings. The van der Waals surface area contributed by atoms with Gasteiger partial charge in [-0.3, -0.25) is 4.79 Å². The Kier molecular flexibility index (Phi) is 8.64.